The highest BCUT2D eigenvalue weighted by Gasteiger charge is 2.11. The number of benzene rings is 3. The number of pyridine rings is 1. The molecule has 4 nitrogen and oxygen atoms in total. The average Bonchev–Trinajstić information content (AvgIpc) is 2.91. The SMILES string of the molecule is COc1cc(CN(CCc2ccccc2)CCc2cccnc2)ccc1OCc1ccccc1. The summed E-state index contributed by atoms with van der Waals surface area (Å²) in [5.41, 5.74) is 4.96. The third kappa shape index (κ3) is 7.19. The van der Waals surface area contributed by atoms with E-state index in [0.29, 0.717) is 6.61 Å². The van der Waals surface area contributed by atoms with Crippen LogP contribution in [-0.4, -0.2) is 30.1 Å². The Balaban J connectivity index is 1.42. The van der Waals surface area contributed by atoms with E-state index in [9.17, 15) is 0 Å². The molecule has 4 heteroatoms. The van der Waals surface area contributed by atoms with E-state index in [1.165, 1.54) is 16.7 Å². The summed E-state index contributed by atoms with van der Waals surface area (Å²) < 4.78 is 11.7. The van der Waals surface area contributed by atoms with E-state index in [0.717, 1.165) is 49.5 Å². The van der Waals surface area contributed by atoms with E-state index >= 15 is 0 Å². The van der Waals surface area contributed by atoms with Gasteiger partial charge < -0.3 is 9.47 Å². The van der Waals surface area contributed by atoms with Gasteiger partial charge in [-0.3, -0.25) is 9.88 Å². The van der Waals surface area contributed by atoms with Crippen molar-refractivity contribution >= 4 is 0 Å². The van der Waals surface area contributed by atoms with Crippen LogP contribution in [0, 0.1) is 0 Å². The van der Waals surface area contributed by atoms with E-state index in [1.54, 1.807) is 7.11 Å². The minimum absolute atomic E-state index is 0.519. The summed E-state index contributed by atoms with van der Waals surface area (Å²) in [6.07, 6.45) is 5.77. The maximum absolute atomic E-state index is 6.04. The lowest BCUT2D eigenvalue weighted by Crippen LogP contribution is -2.28. The highest BCUT2D eigenvalue weighted by atomic mass is 16.5. The van der Waals surface area contributed by atoms with E-state index in [4.69, 9.17) is 9.47 Å². The van der Waals surface area contributed by atoms with Crippen molar-refractivity contribution in [3.63, 3.8) is 0 Å². The van der Waals surface area contributed by atoms with Gasteiger partial charge in [0.05, 0.1) is 7.11 Å². The van der Waals surface area contributed by atoms with Crippen LogP contribution in [0.1, 0.15) is 22.3 Å². The van der Waals surface area contributed by atoms with Crippen LogP contribution >= 0.6 is 0 Å². The van der Waals surface area contributed by atoms with Crippen LogP contribution in [0.2, 0.25) is 0 Å². The summed E-state index contributed by atoms with van der Waals surface area (Å²) >= 11 is 0. The molecule has 1 heterocycles. The Hall–Kier alpha value is -3.63. The molecule has 4 aromatic rings. The number of ether oxygens (including phenoxy) is 2. The zero-order valence-electron chi connectivity index (χ0n) is 19.8. The van der Waals surface area contributed by atoms with Crippen molar-refractivity contribution in [1.29, 1.82) is 0 Å². The molecular weight excluding hydrogens is 420 g/mol. The highest BCUT2D eigenvalue weighted by Crippen LogP contribution is 2.29. The highest BCUT2D eigenvalue weighted by molar-refractivity contribution is 5.43. The molecule has 0 unspecified atom stereocenters. The van der Waals surface area contributed by atoms with Crippen molar-refractivity contribution in [1.82, 2.24) is 9.88 Å². The number of methoxy groups -OCH3 is 1. The summed E-state index contributed by atoms with van der Waals surface area (Å²) in [5.74, 6) is 1.53. The minimum atomic E-state index is 0.519. The third-order valence-electron chi connectivity index (χ3n) is 5.87. The van der Waals surface area contributed by atoms with E-state index in [-0.39, 0.29) is 0 Å². The lowest BCUT2D eigenvalue weighted by atomic mass is 10.1. The number of hydrogen-bond acceptors (Lipinski definition) is 4. The van der Waals surface area contributed by atoms with Crippen molar-refractivity contribution < 1.29 is 9.47 Å². The molecule has 0 fully saturated rings. The lowest BCUT2D eigenvalue weighted by Gasteiger charge is -2.23. The Morgan fingerprint density at radius 1 is 0.676 bits per heavy atom. The molecule has 0 N–H and O–H groups in total. The van der Waals surface area contributed by atoms with Gasteiger partial charge in [0.25, 0.3) is 0 Å². The van der Waals surface area contributed by atoms with Crippen molar-refractivity contribution in [2.24, 2.45) is 0 Å². The van der Waals surface area contributed by atoms with Crippen LogP contribution in [0.5, 0.6) is 11.5 Å². The molecule has 0 aliphatic rings. The fourth-order valence-corrected chi connectivity index (χ4v) is 3.96. The second-order valence-corrected chi connectivity index (χ2v) is 8.38. The van der Waals surface area contributed by atoms with Crippen LogP contribution < -0.4 is 9.47 Å². The molecule has 0 bridgehead atoms. The predicted octanol–water partition coefficient (Wildman–Crippen LogP) is 5.96. The van der Waals surface area contributed by atoms with Crippen LogP contribution in [0.4, 0.5) is 0 Å². The molecule has 0 amide bonds. The summed E-state index contributed by atoms with van der Waals surface area (Å²) in [4.78, 5) is 6.76. The van der Waals surface area contributed by atoms with Gasteiger partial charge in [-0.1, -0.05) is 72.8 Å². The fraction of sp³-hybridized carbons (Fsp3) is 0.233. The molecule has 1 aromatic heterocycles. The molecule has 3 aromatic carbocycles. The van der Waals surface area contributed by atoms with Crippen molar-refractivity contribution in [3.05, 3.63) is 126 Å². The molecule has 0 aliphatic carbocycles. The zero-order valence-corrected chi connectivity index (χ0v) is 19.8. The van der Waals surface area contributed by atoms with Gasteiger partial charge in [-0.25, -0.2) is 0 Å². The molecule has 0 saturated heterocycles. The number of rotatable bonds is 12. The molecule has 174 valence electrons. The van der Waals surface area contributed by atoms with Gasteiger partial charge in [-0.05, 0) is 53.3 Å². The Morgan fingerprint density at radius 3 is 2.03 bits per heavy atom. The maximum Gasteiger partial charge on any atom is 0.161 e. The topological polar surface area (TPSA) is 34.6 Å². The van der Waals surface area contributed by atoms with Gasteiger partial charge in [0, 0.05) is 32.0 Å². The fourth-order valence-electron chi connectivity index (χ4n) is 3.96. The lowest BCUT2D eigenvalue weighted by molar-refractivity contribution is 0.269. The van der Waals surface area contributed by atoms with Gasteiger partial charge in [0.15, 0.2) is 11.5 Å². The third-order valence-corrected chi connectivity index (χ3v) is 5.87. The minimum Gasteiger partial charge on any atom is -0.493 e. The number of nitrogens with zero attached hydrogens (tertiary/aromatic N) is 2. The number of hydrogen-bond donors (Lipinski definition) is 0. The smallest absolute Gasteiger partial charge is 0.161 e. The van der Waals surface area contributed by atoms with Gasteiger partial charge in [0.1, 0.15) is 6.61 Å². The van der Waals surface area contributed by atoms with Gasteiger partial charge >= 0.3 is 0 Å². The Morgan fingerprint density at radius 2 is 1.35 bits per heavy atom. The average molecular weight is 453 g/mol. The molecule has 0 atom stereocenters. The van der Waals surface area contributed by atoms with Crippen LogP contribution in [0.25, 0.3) is 0 Å². The van der Waals surface area contributed by atoms with Crippen molar-refractivity contribution in [3.8, 4) is 11.5 Å². The summed E-state index contributed by atoms with van der Waals surface area (Å²) in [7, 11) is 1.70. The van der Waals surface area contributed by atoms with Gasteiger partial charge in [-0.2, -0.15) is 0 Å². The maximum atomic E-state index is 6.04. The first-order chi connectivity index (χ1) is 16.8. The van der Waals surface area contributed by atoms with Gasteiger partial charge in [0.2, 0.25) is 0 Å². The van der Waals surface area contributed by atoms with Crippen LogP contribution in [0.15, 0.2) is 103 Å². The second-order valence-electron chi connectivity index (χ2n) is 8.38. The Bertz CT molecular complexity index is 1070. The van der Waals surface area contributed by atoms with Gasteiger partial charge in [-0.15, -0.1) is 0 Å². The monoisotopic (exact) mass is 452 g/mol. The molecule has 0 radical (unpaired) electrons. The summed E-state index contributed by atoms with van der Waals surface area (Å²) in [5, 5.41) is 0. The molecule has 4 rings (SSSR count). The Kier molecular flexibility index (Phi) is 8.70. The van der Waals surface area contributed by atoms with Crippen molar-refractivity contribution in [2.75, 3.05) is 20.2 Å². The quantitative estimate of drug-likeness (QED) is 0.266. The standard InChI is InChI=1S/C30H32N2O2/c1-33-30-21-28(14-15-29(30)34-24-27-11-6-3-7-12-27)23-32(19-16-25-9-4-2-5-10-25)20-17-26-13-8-18-31-22-26/h2-15,18,21-22H,16-17,19-20,23-24H2,1H3. The van der Waals surface area contributed by atoms with Crippen molar-refractivity contribution in [2.45, 2.75) is 26.0 Å². The normalized spacial score (nSPS) is 10.9. The molecule has 0 aliphatic heterocycles. The van der Waals surface area contributed by atoms with Crippen LogP contribution in [0.3, 0.4) is 0 Å². The second kappa shape index (κ2) is 12.6. The van der Waals surface area contributed by atoms with E-state index < -0.39 is 0 Å². The number of aromatic nitrogens is 1. The first-order valence-corrected chi connectivity index (χ1v) is 11.8. The van der Waals surface area contributed by atoms with Crippen LogP contribution in [-0.2, 0) is 26.0 Å². The predicted molar refractivity (Wildman–Crippen MR) is 137 cm³/mol. The first-order valence-electron chi connectivity index (χ1n) is 11.8. The van der Waals surface area contributed by atoms with E-state index in [2.05, 4.69) is 70.5 Å². The largest absolute Gasteiger partial charge is 0.493 e. The molecule has 34 heavy (non-hydrogen) atoms. The molecule has 0 saturated carbocycles. The molecular formula is C30H32N2O2. The zero-order chi connectivity index (χ0) is 23.4. The summed E-state index contributed by atoms with van der Waals surface area (Å²) in [6, 6.07) is 31.3. The van der Waals surface area contributed by atoms with E-state index in [1.807, 2.05) is 42.7 Å². The molecule has 0 spiro atoms. The summed E-state index contributed by atoms with van der Waals surface area (Å²) in [6.45, 7) is 3.32. The Labute approximate surface area is 202 Å². The first kappa shape index (κ1) is 23.5.